The van der Waals surface area contributed by atoms with E-state index in [1.807, 2.05) is 12.1 Å². The summed E-state index contributed by atoms with van der Waals surface area (Å²) in [6.07, 6.45) is 2.14. The molecule has 104 valence electrons. The number of aliphatic carboxylic acids is 1. The quantitative estimate of drug-likeness (QED) is 0.914. The van der Waals surface area contributed by atoms with Gasteiger partial charge in [-0.3, -0.25) is 9.69 Å². The standard InChI is InChI=1S/C14H17Cl2NO2/c1-9(11-5-2-6-12(15)14(11)16)17-7-3-4-10(17)8-13(18)19/h2,5-6,9-10H,3-4,7-8H2,1H3,(H,18,19). The van der Waals surface area contributed by atoms with Crippen molar-refractivity contribution in [2.75, 3.05) is 6.54 Å². The number of likely N-dealkylation sites (tertiary alicyclic amines) is 1. The Morgan fingerprint density at radius 2 is 2.26 bits per heavy atom. The molecule has 1 saturated heterocycles. The molecule has 0 amide bonds. The summed E-state index contributed by atoms with van der Waals surface area (Å²) in [5.41, 5.74) is 0.964. The number of hydrogen-bond donors (Lipinski definition) is 1. The van der Waals surface area contributed by atoms with Gasteiger partial charge in [-0.15, -0.1) is 0 Å². The minimum absolute atomic E-state index is 0.0815. The highest BCUT2D eigenvalue weighted by Gasteiger charge is 2.31. The number of carboxylic acids is 1. The van der Waals surface area contributed by atoms with Crippen LogP contribution in [0.5, 0.6) is 0 Å². The monoisotopic (exact) mass is 301 g/mol. The highest BCUT2D eigenvalue weighted by atomic mass is 35.5. The predicted octanol–water partition coefficient (Wildman–Crippen LogP) is 3.99. The van der Waals surface area contributed by atoms with Crippen LogP contribution in [0.2, 0.25) is 10.0 Å². The van der Waals surface area contributed by atoms with Crippen LogP contribution < -0.4 is 0 Å². The van der Waals surface area contributed by atoms with Gasteiger partial charge in [0.1, 0.15) is 0 Å². The number of nitrogens with zero attached hydrogens (tertiary/aromatic N) is 1. The van der Waals surface area contributed by atoms with Gasteiger partial charge in [-0.25, -0.2) is 0 Å². The number of carbonyl (C=O) groups is 1. The van der Waals surface area contributed by atoms with E-state index in [2.05, 4.69) is 11.8 Å². The molecular formula is C14H17Cl2NO2. The van der Waals surface area contributed by atoms with Crippen LogP contribution in [0.1, 0.15) is 37.8 Å². The highest BCUT2D eigenvalue weighted by molar-refractivity contribution is 6.42. The maximum atomic E-state index is 10.9. The topological polar surface area (TPSA) is 40.5 Å². The maximum Gasteiger partial charge on any atom is 0.304 e. The molecule has 1 aromatic carbocycles. The average molecular weight is 302 g/mol. The van der Waals surface area contributed by atoms with E-state index >= 15 is 0 Å². The third-order valence-electron chi connectivity index (χ3n) is 3.76. The van der Waals surface area contributed by atoms with Crippen LogP contribution in [0.4, 0.5) is 0 Å². The lowest BCUT2D eigenvalue weighted by Gasteiger charge is -2.30. The van der Waals surface area contributed by atoms with Crippen LogP contribution >= 0.6 is 23.2 Å². The van der Waals surface area contributed by atoms with Crippen molar-refractivity contribution in [1.82, 2.24) is 4.90 Å². The third kappa shape index (κ3) is 3.22. The van der Waals surface area contributed by atoms with Crippen molar-refractivity contribution in [3.05, 3.63) is 33.8 Å². The number of rotatable bonds is 4. The number of carboxylic acid groups (broad SMARTS) is 1. The van der Waals surface area contributed by atoms with Gasteiger partial charge < -0.3 is 5.11 Å². The summed E-state index contributed by atoms with van der Waals surface area (Å²) in [5, 5.41) is 10.1. The molecule has 5 heteroatoms. The zero-order valence-corrected chi connectivity index (χ0v) is 12.3. The van der Waals surface area contributed by atoms with Gasteiger partial charge in [0.2, 0.25) is 0 Å². The lowest BCUT2D eigenvalue weighted by atomic mass is 10.0. The Balaban J connectivity index is 2.20. The number of benzene rings is 1. The van der Waals surface area contributed by atoms with Gasteiger partial charge in [0.05, 0.1) is 16.5 Å². The van der Waals surface area contributed by atoms with E-state index in [1.165, 1.54) is 0 Å². The molecule has 19 heavy (non-hydrogen) atoms. The fourth-order valence-corrected chi connectivity index (χ4v) is 3.28. The molecule has 2 unspecified atom stereocenters. The maximum absolute atomic E-state index is 10.9. The molecule has 1 N–H and O–H groups in total. The van der Waals surface area contributed by atoms with Gasteiger partial charge in [-0.1, -0.05) is 35.3 Å². The Bertz CT molecular complexity index is 479. The van der Waals surface area contributed by atoms with E-state index in [4.69, 9.17) is 28.3 Å². The molecule has 2 atom stereocenters. The van der Waals surface area contributed by atoms with Gasteiger partial charge in [0, 0.05) is 12.1 Å². The van der Waals surface area contributed by atoms with Crippen LogP contribution in [0.25, 0.3) is 0 Å². The Hall–Kier alpha value is -0.770. The third-order valence-corrected chi connectivity index (χ3v) is 4.60. The highest BCUT2D eigenvalue weighted by Crippen LogP contribution is 2.36. The van der Waals surface area contributed by atoms with Gasteiger partial charge >= 0.3 is 5.97 Å². The van der Waals surface area contributed by atoms with E-state index in [9.17, 15) is 4.79 Å². The van der Waals surface area contributed by atoms with Crippen molar-refractivity contribution < 1.29 is 9.90 Å². The van der Waals surface area contributed by atoms with E-state index in [0.717, 1.165) is 24.9 Å². The number of halogens is 2. The molecule has 3 nitrogen and oxygen atoms in total. The van der Waals surface area contributed by atoms with Crippen molar-refractivity contribution in [3.63, 3.8) is 0 Å². The molecule has 1 fully saturated rings. The summed E-state index contributed by atoms with van der Waals surface area (Å²) >= 11 is 12.3. The molecular weight excluding hydrogens is 285 g/mol. The lowest BCUT2D eigenvalue weighted by Crippen LogP contribution is -2.33. The Kier molecular flexibility index (Phi) is 4.71. The Labute approximate surface area is 123 Å². The van der Waals surface area contributed by atoms with Crippen molar-refractivity contribution in [2.24, 2.45) is 0 Å². The van der Waals surface area contributed by atoms with Crippen molar-refractivity contribution in [1.29, 1.82) is 0 Å². The van der Waals surface area contributed by atoms with Gasteiger partial charge in [-0.05, 0) is 37.9 Å². The molecule has 0 bridgehead atoms. The van der Waals surface area contributed by atoms with Crippen LogP contribution in [0, 0.1) is 0 Å². The molecule has 1 aliphatic rings. The molecule has 0 radical (unpaired) electrons. The minimum Gasteiger partial charge on any atom is -0.481 e. The Morgan fingerprint density at radius 3 is 2.95 bits per heavy atom. The summed E-state index contributed by atoms with van der Waals surface area (Å²) < 4.78 is 0. The molecule has 1 heterocycles. The first-order chi connectivity index (χ1) is 9.00. The second-order valence-electron chi connectivity index (χ2n) is 4.95. The minimum atomic E-state index is -0.749. The number of hydrogen-bond acceptors (Lipinski definition) is 2. The van der Waals surface area contributed by atoms with Crippen molar-refractivity contribution >= 4 is 29.2 Å². The lowest BCUT2D eigenvalue weighted by molar-refractivity contribution is -0.138. The fourth-order valence-electron chi connectivity index (χ4n) is 2.81. The van der Waals surface area contributed by atoms with Crippen molar-refractivity contribution in [3.8, 4) is 0 Å². The van der Waals surface area contributed by atoms with Gasteiger partial charge in [0.15, 0.2) is 0 Å². The van der Waals surface area contributed by atoms with E-state index < -0.39 is 5.97 Å². The zero-order chi connectivity index (χ0) is 14.0. The first kappa shape index (κ1) is 14.6. The van der Waals surface area contributed by atoms with Crippen LogP contribution in [0.3, 0.4) is 0 Å². The molecule has 2 rings (SSSR count). The fraction of sp³-hybridized carbons (Fsp3) is 0.500. The van der Waals surface area contributed by atoms with Crippen LogP contribution in [-0.2, 0) is 4.79 Å². The molecule has 0 spiro atoms. The molecule has 0 saturated carbocycles. The molecule has 1 aromatic rings. The Morgan fingerprint density at radius 1 is 1.53 bits per heavy atom. The second-order valence-corrected chi connectivity index (χ2v) is 5.74. The summed E-state index contributed by atoms with van der Waals surface area (Å²) in [6.45, 7) is 2.96. The molecule has 0 aromatic heterocycles. The normalized spacial score (nSPS) is 21.5. The zero-order valence-electron chi connectivity index (χ0n) is 10.8. The van der Waals surface area contributed by atoms with Crippen LogP contribution in [-0.4, -0.2) is 28.6 Å². The summed E-state index contributed by atoms with van der Waals surface area (Å²) in [7, 11) is 0. The second kappa shape index (κ2) is 6.12. The first-order valence-electron chi connectivity index (χ1n) is 6.42. The van der Waals surface area contributed by atoms with E-state index in [0.29, 0.717) is 10.0 Å². The molecule has 1 aliphatic heterocycles. The summed E-state index contributed by atoms with van der Waals surface area (Å²) in [6, 6.07) is 5.76. The predicted molar refractivity (Wildman–Crippen MR) is 76.9 cm³/mol. The van der Waals surface area contributed by atoms with Gasteiger partial charge in [-0.2, -0.15) is 0 Å². The SMILES string of the molecule is CC(c1cccc(Cl)c1Cl)N1CCCC1CC(=O)O. The smallest absolute Gasteiger partial charge is 0.304 e. The summed E-state index contributed by atoms with van der Waals surface area (Å²) in [5.74, 6) is -0.749. The summed E-state index contributed by atoms with van der Waals surface area (Å²) in [4.78, 5) is 13.1. The largest absolute Gasteiger partial charge is 0.481 e. The van der Waals surface area contributed by atoms with Crippen molar-refractivity contribution in [2.45, 2.75) is 38.3 Å². The first-order valence-corrected chi connectivity index (χ1v) is 7.17. The van der Waals surface area contributed by atoms with Crippen LogP contribution in [0.15, 0.2) is 18.2 Å². The molecule has 0 aliphatic carbocycles. The average Bonchev–Trinajstić information content (AvgIpc) is 2.79. The van der Waals surface area contributed by atoms with Gasteiger partial charge in [0.25, 0.3) is 0 Å². The van der Waals surface area contributed by atoms with E-state index in [1.54, 1.807) is 6.07 Å². The van der Waals surface area contributed by atoms with E-state index in [-0.39, 0.29) is 18.5 Å².